The van der Waals surface area contributed by atoms with Crippen LogP contribution in [-0.4, -0.2) is 17.6 Å². The van der Waals surface area contributed by atoms with Gasteiger partial charge in [0.1, 0.15) is 6.61 Å². The Morgan fingerprint density at radius 1 is 1.38 bits per heavy atom. The van der Waals surface area contributed by atoms with E-state index in [9.17, 15) is 4.79 Å². The van der Waals surface area contributed by atoms with Crippen LogP contribution in [0, 0.1) is 0 Å². The SMILES string of the molecule is O=C(CO)NC1(c2ccc(Cl)cc2)CCC1. The molecule has 1 amide bonds. The molecule has 3 nitrogen and oxygen atoms in total. The topological polar surface area (TPSA) is 49.3 Å². The second-order valence-electron chi connectivity index (χ2n) is 4.15. The van der Waals surface area contributed by atoms with Gasteiger partial charge in [0, 0.05) is 5.02 Å². The Labute approximate surface area is 99.4 Å². The summed E-state index contributed by atoms with van der Waals surface area (Å²) in [4.78, 5) is 11.3. The van der Waals surface area contributed by atoms with Gasteiger partial charge in [-0.15, -0.1) is 0 Å². The van der Waals surface area contributed by atoms with Gasteiger partial charge in [0.2, 0.25) is 5.91 Å². The Hall–Kier alpha value is -1.06. The minimum Gasteiger partial charge on any atom is -0.387 e. The molecular weight excluding hydrogens is 226 g/mol. The highest BCUT2D eigenvalue weighted by molar-refractivity contribution is 6.30. The van der Waals surface area contributed by atoms with Crippen LogP contribution < -0.4 is 5.32 Å². The van der Waals surface area contributed by atoms with Gasteiger partial charge in [-0.05, 0) is 37.0 Å². The van der Waals surface area contributed by atoms with Crippen molar-refractivity contribution < 1.29 is 9.90 Å². The molecular formula is C12H14ClNO2. The quantitative estimate of drug-likeness (QED) is 0.846. The fourth-order valence-electron chi connectivity index (χ4n) is 2.09. The summed E-state index contributed by atoms with van der Waals surface area (Å²) in [5.41, 5.74) is 0.773. The van der Waals surface area contributed by atoms with Crippen LogP contribution in [0.5, 0.6) is 0 Å². The molecule has 16 heavy (non-hydrogen) atoms. The molecule has 2 N–H and O–H groups in total. The van der Waals surface area contributed by atoms with E-state index in [1.807, 2.05) is 24.3 Å². The lowest BCUT2D eigenvalue weighted by atomic mass is 9.72. The monoisotopic (exact) mass is 239 g/mol. The molecule has 0 bridgehead atoms. The summed E-state index contributed by atoms with van der Waals surface area (Å²) >= 11 is 5.83. The first-order chi connectivity index (χ1) is 7.66. The molecule has 0 radical (unpaired) electrons. The highest BCUT2D eigenvalue weighted by Gasteiger charge is 2.39. The van der Waals surface area contributed by atoms with Crippen LogP contribution in [0.15, 0.2) is 24.3 Å². The van der Waals surface area contributed by atoms with Gasteiger partial charge in [-0.25, -0.2) is 0 Å². The minimum atomic E-state index is -0.463. The molecule has 0 aromatic heterocycles. The fourth-order valence-corrected chi connectivity index (χ4v) is 2.22. The first-order valence-electron chi connectivity index (χ1n) is 5.34. The molecule has 0 unspecified atom stereocenters. The molecule has 0 aliphatic heterocycles. The molecule has 86 valence electrons. The summed E-state index contributed by atoms with van der Waals surface area (Å²) in [6.07, 6.45) is 2.93. The fraction of sp³-hybridized carbons (Fsp3) is 0.417. The van der Waals surface area contributed by atoms with Crippen LogP contribution in [0.3, 0.4) is 0 Å². The number of rotatable bonds is 3. The minimum absolute atomic E-state index is 0.287. The third-order valence-electron chi connectivity index (χ3n) is 3.13. The van der Waals surface area contributed by atoms with Crippen molar-refractivity contribution in [3.63, 3.8) is 0 Å². The van der Waals surface area contributed by atoms with Gasteiger partial charge in [0.05, 0.1) is 5.54 Å². The predicted molar refractivity (Wildman–Crippen MR) is 62.2 cm³/mol. The van der Waals surface area contributed by atoms with Crippen LogP contribution in [-0.2, 0) is 10.3 Å². The first kappa shape index (κ1) is 11.4. The van der Waals surface area contributed by atoms with E-state index in [1.54, 1.807) is 0 Å². The molecule has 4 heteroatoms. The van der Waals surface area contributed by atoms with Gasteiger partial charge in [-0.1, -0.05) is 23.7 Å². The lowest BCUT2D eigenvalue weighted by Gasteiger charge is -2.43. The molecule has 0 saturated heterocycles. The van der Waals surface area contributed by atoms with Crippen molar-refractivity contribution in [1.82, 2.24) is 5.32 Å². The zero-order valence-electron chi connectivity index (χ0n) is 8.87. The van der Waals surface area contributed by atoms with Crippen LogP contribution in [0.25, 0.3) is 0 Å². The lowest BCUT2D eigenvalue weighted by molar-refractivity contribution is -0.127. The summed E-state index contributed by atoms with van der Waals surface area (Å²) in [7, 11) is 0. The molecule has 0 heterocycles. The number of halogens is 1. The van der Waals surface area contributed by atoms with E-state index in [0.29, 0.717) is 5.02 Å². The van der Waals surface area contributed by atoms with Gasteiger partial charge in [-0.2, -0.15) is 0 Å². The summed E-state index contributed by atoms with van der Waals surface area (Å²) in [6.45, 7) is -0.463. The van der Waals surface area contributed by atoms with E-state index in [1.165, 1.54) is 0 Å². The number of hydrogen-bond acceptors (Lipinski definition) is 2. The number of amides is 1. The predicted octanol–water partition coefficient (Wildman–Crippen LogP) is 1.83. The van der Waals surface area contributed by atoms with Gasteiger partial charge in [0.25, 0.3) is 0 Å². The summed E-state index contributed by atoms with van der Waals surface area (Å²) in [5, 5.41) is 12.3. The van der Waals surface area contributed by atoms with Gasteiger partial charge in [-0.3, -0.25) is 4.79 Å². The van der Waals surface area contributed by atoms with Crippen molar-refractivity contribution in [3.8, 4) is 0 Å². The zero-order valence-corrected chi connectivity index (χ0v) is 9.63. The molecule has 1 fully saturated rings. The second kappa shape index (κ2) is 4.44. The highest BCUT2D eigenvalue weighted by Crippen LogP contribution is 2.41. The Morgan fingerprint density at radius 2 is 2.00 bits per heavy atom. The van der Waals surface area contributed by atoms with E-state index < -0.39 is 6.61 Å². The molecule has 1 aromatic rings. The normalized spacial score (nSPS) is 17.6. The molecule has 1 aliphatic carbocycles. The third-order valence-corrected chi connectivity index (χ3v) is 3.38. The van der Waals surface area contributed by atoms with Gasteiger partial charge in [0.15, 0.2) is 0 Å². The maximum atomic E-state index is 11.3. The van der Waals surface area contributed by atoms with E-state index in [0.717, 1.165) is 24.8 Å². The van der Waals surface area contributed by atoms with Crippen LogP contribution in [0.2, 0.25) is 5.02 Å². The third kappa shape index (κ3) is 2.06. The van der Waals surface area contributed by atoms with Crippen molar-refractivity contribution in [1.29, 1.82) is 0 Å². The summed E-state index contributed by atoms with van der Waals surface area (Å²) in [6, 6.07) is 7.50. The zero-order chi connectivity index (χ0) is 11.6. The Bertz CT molecular complexity index is 385. The highest BCUT2D eigenvalue weighted by atomic mass is 35.5. The molecule has 0 spiro atoms. The van der Waals surface area contributed by atoms with Crippen molar-refractivity contribution in [2.75, 3.05) is 6.61 Å². The van der Waals surface area contributed by atoms with Crippen molar-refractivity contribution in [3.05, 3.63) is 34.9 Å². The maximum absolute atomic E-state index is 11.3. The van der Waals surface area contributed by atoms with Crippen LogP contribution in [0.4, 0.5) is 0 Å². The smallest absolute Gasteiger partial charge is 0.246 e. The first-order valence-corrected chi connectivity index (χ1v) is 5.72. The number of aliphatic hydroxyl groups excluding tert-OH is 1. The average molecular weight is 240 g/mol. The number of carbonyl (C=O) groups is 1. The van der Waals surface area contributed by atoms with Gasteiger partial charge < -0.3 is 10.4 Å². The van der Waals surface area contributed by atoms with Crippen LogP contribution in [0.1, 0.15) is 24.8 Å². The van der Waals surface area contributed by atoms with E-state index in [2.05, 4.69) is 5.32 Å². The van der Waals surface area contributed by atoms with Crippen molar-refractivity contribution in [2.24, 2.45) is 0 Å². The molecule has 0 atom stereocenters. The van der Waals surface area contributed by atoms with Crippen LogP contribution >= 0.6 is 11.6 Å². The van der Waals surface area contributed by atoms with Crippen molar-refractivity contribution in [2.45, 2.75) is 24.8 Å². The standard InChI is InChI=1S/C12H14ClNO2/c13-10-4-2-9(3-5-10)12(6-1-7-12)14-11(16)8-15/h2-5,15H,1,6-8H2,(H,14,16). The number of aliphatic hydroxyl groups is 1. The van der Waals surface area contributed by atoms with Crippen molar-refractivity contribution >= 4 is 17.5 Å². The number of carbonyl (C=O) groups excluding carboxylic acids is 1. The number of hydrogen-bond donors (Lipinski definition) is 2. The molecule has 2 rings (SSSR count). The molecule has 1 saturated carbocycles. The Kier molecular flexibility index (Phi) is 3.17. The Balaban J connectivity index is 2.21. The van der Waals surface area contributed by atoms with E-state index >= 15 is 0 Å². The largest absolute Gasteiger partial charge is 0.387 e. The van der Waals surface area contributed by atoms with Gasteiger partial charge >= 0.3 is 0 Å². The average Bonchev–Trinajstić information content (AvgIpc) is 2.24. The second-order valence-corrected chi connectivity index (χ2v) is 4.59. The summed E-state index contributed by atoms with van der Waals surface area (Å²) in [5.74, 6) is -0.324. The number of benzene rings is 1. The maximum Gasteiger partial charge on any atom is 0.246 e. The summed E-state index contributed by atoms with van der Waals surface area (Å²) < 4.78 is 0. The Morgan fingerprint density at radius 3 is 2.44 bits per heavy atom. The van der Waals surface area contributed by atoms with E-state index in [-0.39, 0.29) is 11.4 Å². The van der Waals surface area contributed by atoms with E-state index in [4.69, 9.17) is 16.7 Å². The lowest BCUT2D eigenvalue weighted by Crippen LogP contribution is -2.51. The molecule has 1 aromatic carbocycles. The number of nitrogens with one attached hydrogen (secondary N) is 1. The molecule has 1 aliphatic rings.